The van der Waals surface area contributed by atoms with Crippen molar-refractivity contribution < 1.29 is 19.6 Å². The van der Waals surface area contributed by atoms with Crippen molar-refractivity contribution in [1.29, 1.82) is 0 Å². The average molecular weight is 294 g/mol. The number of amides is 1. The van der Waals surface area contributed by atoms with Gasteiger partial charge in [0.1, 0.15) is 0 Å². The monoisotopic (exact) mass is 294 g/mol. The fourth-order valence-electron chi connectivity index (χ4n) is 1.74. The number of non-ortho nitro benzene ring substituents is 1. The van der Waals surface area contributed by atoms with Gasteiger partial charge in [0, 0.05) is 24.2 Å². The van der Waals surface area contributed by atoms with Crippen LogP contribution in [0.4, 0.5) is 5.69 Å². The minimum atomic E-state index is -1.04. The number of benzene rings is 1. The number of carbonyl (C=O) groups is 2. The van der Waals surface area contributed by atoms with Crippen LogP contribution in [-0.4, -0.2) is 28.5 Å². The number of nitro benzene ring substituents is 1. The maximum absolute atomic E-state index is 12.1. The average Bonchev–Trinajstić information content (AvgIpc) is 2.43. The van der Waals surface area contributed by atoms with Crippen LogP contribution in [0.25, 0.3) is 0 Å². The molecule has 0 aliphatic rings. The highest BCUT2D eigenvalue weighted by molar-refractivity contribution is 5.96. The van der Waals surface area contributed by atoms with Crippen molar-refractivity contribution in [3.8, 4) is 0 Å². The van der Waals surface area contributed by atoms with Crippen molar-refractivity contribution in [2.75, 3.05) is 6.54 Å². The summed E-state index contributed by atoms with van der Waals surface area (Å²) < 4.78 is 0. The Balaban J connectivity index is 2.86. The lowest BCUT2D eigenvalue weighted by Crippen LogP contribution is -2.40. The summed E-state index contributed by atoms with van der Waals surface area (Å²) in [7, 11) is 0. The highest BCUT2D eigenvalue weighted by Crippen LogP contribution is 2.21. The van der Waals surface area contributed by atoms with E-state index in [4.69, 9.17) is 5.11 Å². The van der Waals surface area contributed by atoms with E-state index in [1.165, 1.54) is 18.2 Å². The molecule has 7 heteroatoms. The normalized spacial score (nSPS) is 13.3. The van der Waals surface area contributed by atoms with Crippen molar-refractivity contribution in [3.63, 3.8) is 0 Å². The van der Waals surface area contributed by atoms with E-state index in [0.29, 0.717) is 17.5 Å². The third kappa shape index (κ3) is 3.77. The van der Waals surface area contributed by atoms with E-state index >= 15 is 0 Å². The molecular formula is C14H18N2O5. The van der Waals surface area contributed by atoms with Crippen LogP contribution >= 0.6 is 0 Å². The highest BCUT2D eigenvalue weighted by atomic mass is 16.6. The molecule has 0 aromatic heterocycles. The molecule has 7 nitrogen and oxygen atoms in total. The SMILES string of the molecule is CCC(C)(CNC(=O)c1ccc([N+](=O)[O-])cc1C)C(=O)O. The molecule has 0 heterocycles. The molecule has 1 amide bonds. The lowest BCUT2D eigenvalue weighted by Gasteiger charge is -2.23. The molecule has 1 aromatic rings. The topological polar surface area (TPSA) is 110 Å². The number of nitrogens with one attached hydrogen (secondary N) is 1. The van der Waals surface area contributed by atoms with E-state index in [1.54, 1.807) is 20.8 Å². The van der Waals surface area contributed by atoms with E-state index < -0.39 is 22.2 Å². The van der Waals surface area contributed by atoms with Gasteiger partial charge < -0.3 is 10.4 Å². The predicted molar refractivity (Wildman–Crippen MR) is 76.2 cm³/mol. The molecule has 0 radical (unpaired) electrons. The summed E-state index contributed by atoms with van der Waals surface area (Å²) in [6.07, 6.45) is 0.377. The molecule has 1 atom stereocenters. The van der Waals surface area contributed by atoms with E-state index in [1.807, 2.05) is 0 Å². The Labute approximate surface area is 122 Å². The van der Waals surface area contributed by atoms with Gasteiger partial charge in [-0.1, -0.05) is 6.92 Å². The fraction of sp³-hybridized carbons (Fsp3) is 0.429. The first-order valence-electron chi connectivity index (χ1n) is 6.48. The summed E-state index contributed by atoms with van der Waals surface area (Å²) in [4.78, 5) is 33.3. The van der Waals surface area contributed by atoms with Gasteiger partial charge in [0.05, 0.1) is 10.3 Å². The quantitative estimate of drug-likeness (QED) is 0.617. The molecular weight excluding hydrogens is 276 g/mol. The number of carboxylic acid groups (broad SMARTS) is 1. The van der Waals surface area contributed by atoms with Gasteiger partial charge in [-0.05, 0) is 31.9 Å². The van der Waals surface area contributed by atoms with Crippen LogP contribution in [0.1, 0.15) is 36.2 Å². The first kappa shape index (κ1) is 16.6. The Morgan fingerprint density at radius 2 is 2.05 bits per heavy atom. The second kappa shape index (κ2) is 6.34. The van der Waals surface area contributed by atoms with Gasteiger partial charge >= 0.3 is 5.97 Å². The number of carbonyl (C=O) groups excluding carboxylic acids is 1. The van der Waals surface area contributed by atoms with Crippen molar-refractivity contribution in [1.82, 2.24) is 5.32 Å². The summed E-state index contributed by atoms with van der Waals surface area (Å²) in [6, 6.07) is 3.93. The molecule has 1 unspecified atom stereocenters. The van der Waals surface area contributed by atoms with Crippen LogP contribution in [-0.2, 0) is 4.79 Å². The van der Waals surface area contributed by atoms with Crippen LogP contribution < -0.4 is 5.32 Å². The third-order valence-electron chi connectivity index (χ3n) is 3.60. The maximum atomic E-state index is 12.1. The van der Waals surface area contributed by atoms with Gasteiger partial charge in [-0.25, -0.2) is 0 Å². The number of nitrogens with zero attached hydrogens (tertiary/aromatic N) is 1. The molecule has 0 fully saturated rings. The molecule has 0 aliphatic heterocycles. The second-order valence-electron chi connectivity index (χ2n) is 5.16. The van der Waals surface area contributed by atoms with E-state index in [-0.39, 0.29) is 12.2 Å². The van der Waals surface area contributed by atoms with Gasteiger partial charge in [0.15, 0.2) is 0 Å². The summed E-state index contributed by atoms with van der Waals surface area (Å²) in [5.74, 6) is -1.42. The Kier molecular flexibility index (Phi) is 5.02. The molecule has 114 valence electrons. The molecule has 2 N–H and O–H groups in total. The summed E-state index contributed by atoms with van der Waals surface area (Å²) in [6.45, 7) is 4.88. The molecule has 0 bridgehead atoms. The minimum Gasteiger partial charge on any atom is -0.481 e. The molecule has 21 heavy (non-hydrogen) atoms. The van der Waals surface area contributed by atoms with Crippen LogP contribution in [0.5, 0.6) is 0 Å². The van der Waals surface area contributed by atoms with Gasteiger partial charge in [-0.2, -0.15) is 0 Å². The third-order valence-corrected chi connectivity index (χ3v) is 3.60. The number of hydrogen-bond donors (Lipinski definition) is 2. The molecule has 0 aliphatic carbocycles. The smallest absolute Gasteiger partial charge is 0.311 e. The number of carboxylic acids is 1. The largest absolute Gasteiger partial charge is 0.481 e. The number of rotatable bonds is 6. The summed E-state index contributed by atoms with van der Waals surface area (Å²) in [5.41, 5.74) is -0.364. The Bertz CT molecular complexity index is 585. The lowest BCUT2D eigenvalue weighted by molar-refractivity contribution is -0.384. The fourth-order valence-corrected chi connectivity index (χ4v) is 1.74. The van der Waals surface area contributed by atoms with Gasteiger partial charge in [-0.15, -0.1) is 0 Å². The van der Waals surface area contributed by atoms with Gasteiger partial charge in [0.2, 0.25) is 0 Å². The van der Waals surface area contributed by atoms with Crippen molar-refractivity contribution in [2.24, 2.45) is 5.41 Å². The van der Waals surface area contributed by atoms with Gasteiger partial charge in [0.25, 0.3) is 11.6 Å². The van der Waals surface area contributed by atoms with Crippen LogP contribution in [0.15, 0.2) is 18.2 Å². The second-order valence-corrected chi connectivity index (χ2v) is 5.16. The van der Waals surface area contributed by atoms with Crippen LogP contribution in [0.3, 0.4) is 0 Å². The van der Waals surface area contributed by atoms with Gasteiger partial charge in [-0.3, -0.25) is 19.7 Å². The van der Waals surface area contributed by atoms with Crippen molar-refractivity contribution in [3.05, 3.63) is 39.4 Å². The first-order chi connectivity index (χ1) is 9.71. The van der Waals surface area contributed by atoms with Crippen molar-refractivity contribution in [2.45, 2.75) is 27.2 Å². The molecule has 0 saturated heterocycles. The molecule has 1 rings (SSSR count). The molecule has 0 spiro atoms. The Hall–Kier alpha value is -2.44. The zero-order valence-corrected chi connectivity index (χ0v) is 12.2. The number of nitro groups is 1. The zero-order chi connectivity index (χ0) is 16.2. The Morgan fingerprint density at radius 3 is 2.48 bits per heavy atom. The van der Waals surface area contributed by atoms with E-state index in [2.05, 4.69) is 5.32 Å². The maximum Gasteiger partial charge on any atom is 0.311 e. The van der Waals surface area contributed by atoms with Crippen LogP contribution in [0, 0.1) is 22.5 Å². The molecule has 0 saturated carbocycles. The van der Waals surface area contributed by atoms with Crippen LogP contribution in [0.2, 0.25) is 0 Å². The standard InChI is InChI=1S/C14H18N2O5/c1-4-14(3,13(18)19)8-15-12(17)11-6-5-10(16(20)21)7-9(11)2/h5-7H,4,8H2,1-3H3,(H,15,17)(H,18,19). The summed E-state index contributed by atoms with van der Waals surface area (Å²) in [5, 5.41) is 22.4. The lowest BCUT2D eigenvalue weighted by atomic mass is 9.87. The summed E-state index contributed by atoms with van der Waals surface area (Å²) >= 11 is 0. The first-order valence-corrected chi connectivity index (χ1v) is 6.48. The Morgan fingerprint density at radius 1 is 1.43 bits per heavy atom. The number of aryl methyl sites for hydroxylation is 1. The minimum absolute atomic E-state index is 0.00586. The molecule has 1 aromatic carbocycles. The van der Waals surface area contributed by atoms with E-state index in [0.717, 1.165) is 0 Å². The predicted octanol–water partition coefficient (Wildman–Crippen LogP) is 2.13. The zero-order valence-electron chi connectivity index (χ0n) is 12.2. The number of hydrogen-bond acceptors (Lipinski definition) is 4. The van der Waals surface area contributed by atoms with E-state index in [9.17, 15) is 19.7 Å². The number of aliphatic carboxylic acids is 1. The van der Waals surface area contributed by atoms with Crippen molar-refractivity contribution >= 4 is 17.6 Å². The highest BCUT2D eigenvalue weighted by Gasteiger charge is 2.31.